The minimum absolute atomic E-state index is 0.840. The number of benzene rings is 1. The van der Waals surface area contributed by atoms with Crippen LogP contribution in [0.1, 0.15) is 107 Å². The molecule has 2 aliphatic rings. The molecule has 0 radical (unpaired) electrons. The number of aryl methyl sites for hydroxylation is 1. The van der Waals surface area contributed by atoms with E-state index in [1.54, 1.807) is 5.56 Å². The van der Waals surface area contributed by atoms with Crippen molar-refractivity contribution in [2.45, 2.75) is 103 Å². The van der Waals surface area contributed by atoms with Crippen LogP contribution in [0.5, 0.6) is 0 Å². The molecule has 3 rings (SSSR count). The van der Waals surface area contributed by atoms with Gasteiger partial charge in [-0.1, -0.05) is 81.7 Å². The highest BCUT2D eigenvalue weighted by Gasteiger charge is 2.31. The lowest BCUT2D eigenvalue weighted by molar-refractivity contribution is 0.155. The molecule has 0 bridgehead atoms. The van der Waals surface area contributed by atoms with Crippen LogP contribution in [0.3, 0.4) is 0 Å². The maximum absolute atomic E-state index is 2.38. The smallest absolute Gasteiger partial charge is 0.0162 e. The van der Waals surface area contributed by atoms with Crippen LogP contribution in [0.15, 0.2) is 24.3 Å². The lowest BCUT2D eigenvalue weighted by atomic mass is 9.68. The molecule has 1 aromatic rings. The zero-order chi connectivity index (χ0) is 17.5. The Bertz CT molecular complexity index is 469. The lowest BCUT2D eigenvalue weighted by Gasteiger charge is -2.38. The van der Waals surface area contributed by atoms with Gasteiger partial charge in [-0.05, 0) is 74.7 Å². The average Bonchev–Trinajstić information content (AvgIpc) is 2.67. The third-order valence-corrected chi connectivity index (χ3v) is 7.34. The average molecular weight is 341 g/mol. The standard InChI is InChI=1S/C25H40/c1-3-4-5-6-7-21-10-14-23(15-11-21)25-18-16-24(17-19-25)22-12-8-20(2)9-13-22/h8-9,12-13,21,23-25H,3-7,10-11,14-19H2,1-2H3. The van der Waals surface area contributed by atoms with Crippen LogP contribution in [0.4, 0.5) is 0 Å². The van der Waals surface area contributed by atoms with E-state index in [-0.39, 0.29) is 0 Å². The van der Waals surface area contributed by atoms with Crippen molar-refractivity contribution >= 4 is 0 Å². The van der Waals surface area contributed by atoms with Gasteiger partial charge in [-0.15, -0.1) is 0 Å². The summed E-state index contributed by atoms with van der Waals surface area (Å²) >= 11 is 0. The van der Waals surface area contributed by atoms with E-state index in [1.165, 1.54) is 89.0 Å². The van der Waals surface area contributed by atoms with Gasteiger partial charge in [-0.25, -0.2) is 0 Å². The maximum atomic E-state index is 2.38. The van der Waals surface area contributed by atoms with Crippen molar-refractivity contribution < 1.29 is 0 Å². The molecule has 0 saturated heterocycles. The fraction of sp³-hybridized carbons (Fsp3) is 0.760. The summed E-state index contributed by atoms with van der Waals surface area (Å²) < 4.78 is 0. The molecule has 25 heavy (non-hydrogen) atoms. The second-order valence-corrected chi connectivity index (χ2v) is 9.15. The summed E-state index contributed by atoms with van der Waals surface area (Å²) in [5, 5.41) is 0. The van der Waals surface area contributed by atoms with Crippen molar-refractivity contribution in [1.82, 2.24) is 0 Å². The Morgan fingerprint density at radius 1 is 0.720 bits per heavy atom. The highest BCUT2D eigenvalue weighted by molar-refractivity contribution is 5.24. The molecule has 0 unspecified atom stereocenters. The van der Waals surface area contributed by atoms with Crippen LogP contribution in [0, 0.1) is 24.7 Å². The molecule has 2 fully saturated rings. The van der Waals surface area contributed by atoms with Crippen LogP contribution in [0.2, 0.25) is 0 Å². The van der Waals surface area contributed by atoms with Crippen molar-refractivity contribution in [3.63, 3.8) is 0 Å². The van der Waals surface area contributed by atoms with Crippen LogP contribution in [-0.4, -0.2) is 0 Å². The van der Waals surface area contributed by atoms with Gasteiger partial charge in [0.05, 0.1) is 0 Å². The van der Waals surface area contributed by atoms with Crippen molar-refractivity contribution in [1.29, 1.82) is 0 Å². The first kappa shape index (κ1) is 19.0. The number of hydrogen-bond donors (Lipinski definition) is 0. The van der Waals surface area contributed by atoms with Gasteiger partial charge in [-0.2, -0.15) is 0 Å². The largest absolute Gasteiger partial charge is 0.0654 e. The molecule has 140 valence electrons. The summed E-state index contributed by atoms with van der Waals surface area (Å²) in [6.45, 7) is 4.51. The van der Waals surface area contributed by atoms with Crippen LogP contribution >= 0.6 is 0 Å². The molecule has 2 aliphatic carbocycles. The second kappa shape index (κ2) is 9.79. The first-order valence-electron chi connectivity index (χ1n) is 11.3. The van der Waals surface area contributed by atoms with Gasteiger partial charge in [-0.3, -0.25) is 0 Å². The maximum Gasteiger partial charge on any atom is -0.0162 e. The van der Waals surface area contributed by atoms with E-state index < -0.39 is 0 Å². The number of rotatable bonds is 7. The molecule has 0 nitrogen and oxygen atoms in total. The Hall–Kier alpha value is -0.780. The van der Waals surface area contributed by atoms with Gasteiger partial charge >= 0.3 is 0 Å². The fourth-order valence-electron chi connectivity index (χ4n) is 5.57. The van der Waals surface area contributed by atoms with Gasteiger partial charge < -0.3 is 0 Å². The van der Waals surface area contributed by atoms with E-state index in [2.05, 4.69) is 38.1 Å². The Labute approximate surface area is 156 Å². The van der Waals surface area contributed by atoms with Gasteiger partial charge in [0, 0.05) is 0 Å². The minimum atomic E-state index is 0.840. The van der Waals surface area contributed by atoms with Crippen molar-refractivity contribution in [3.05, 3.63) is 35.4 Å². The topological polar surface area (TPSA) is 0 Å². The van der Waals surface area contributed by atoms with Crippen LogP contribution in [-0.2, 0) is 0 Å². The Morgan fingerprint density at radius 3 is 1.92 bits per heavy atom. The van der Waals surface area contributed by atoms with E-state index in [1.807, 2.05) is 0 Å². The molecule has 0 amide bonds. The van der Waals surface area contributed by atoms with Gasteiger partial charge in [0.15, 0.2) is 0 Å². The zero-order valence-corrected chi connectivity index (χ0v) is 16.8. The van der Waals surface area contributed by atoms with Gasteiger partial charge in [0.25, 0.3) is 0 Å². The summed E-state index contributed by atoms with van der Waals surface area (Å²) in [4.78, 5) is 0. The summed E-state index contributed by atoms with van der Waals surface area (Å²) in [6.07, 6.45) is 19.3. The van der Waals surface area contributed by atoms with Crippen molar-refractivity contribution in [3.8, 4) is 0 Å². The summed E-state index contributed by atoms with van der Waals surface area (Å²) in [7, 11) is 0. The quantitative estimate of drug-likeness (QED) is 0.440. The molecule has 2 saturated carbocycles. The Kier molecular flexibility index (Phi) is 7.44. The van der Waals surface area contributed by atoms with Gasteiger partial charge in [0.1, 0.15) is 0 Å². The van der Waals surface area contributed by atoms with Crippen molar-refractivity contribution in [2.75, 3.05) is 0 Å². The molecule has 0 N–H and O–H groups in total. The Morgan fingerprint density at radius 2 is 1.32 bits per heavy atom. The third-order valence-electron chi connectivity index (χ3n) is 7.34. The Balaban J connectivity index is 1.37. The highest BCUT2D eigenvalue weighted by atomic mass is 14.4. The SMILES string of the molecule is CCCCCCC1CCC(C2CCC(c3ccc(C)cc3)CC2)CC1. The fourth-order valence-corrected chi connectivity index (χ4v) is 5.57. The number of hydrogen-bond acceptors (Lipinski definition) is 0. The van der Waals surface area contributed by atoms with E-state index in [0.29, 0.717) is 0 Å². The molecule has 0 aromatic heterocycles. The predicted octanol–water partition coefficient (Wildman–Crippen LogP) is 8.05. The third kappa shape index (κ3) is 5.60. The van der Waals surface area contributed by atoms with Crippen molar-refractivity contribution in [2.24, 2.45) is 17.8 Å². The molecular weight excluding hydrogens is 300 g/mol. The molecule has 1 aromatic carbocycles. The lowest BCUT2D eigenvalue weighted by Crippen LogP contribution is -2.25. The first-order chi connectivity index (χ1) is 12.3. The summed E-state index contributed by atoms with van der Waals surface area (Å²) in [6, 6.07) is 9.35. The predicted molar refractivity (Wildman–Crippen MR) is 110 cm³/mol. The highest BCUT2D eigenvalue weighted by Crippen LogP contribution is 2.44. The molecule has 0 atom stereocenters. The van der Waals surface area contributed by atoms with E-state index in [0.717, 1.165) is 23.7 Å². The van der Waals surface area contributed by atoms with E-state index >= 15 is 0 Å². The van der Waals surface area contributed by atoms with Crippen LogP contribution in [0.25, 0.3) is 0 Å². The molecule has 0 heteroatoms. The van der Waals surface area contributed by atoms with E-state index in [4.69, 9.17) is 0 Å². The normalized spacial score (nSPS) is 30.3. The summed E-state index contributed by atoms with van der Waals surface area (Å²) in [5.41, 5.74) is 2.99. The molecule has 0 spiro atoms. The number of unbranched alkanes of at least 4 members (excludes halogenated alkanes) is 3. The minimum Gasteiger partial charge on any atom is -0.0654 e. The second-order valence-electron chi connectivity index (χ2n) is 9.15. The summed E-state index contributed by atoms with van der Waals surface area (Å²) in [5.74, 6) is 4.01. The molecule has 0 heterocycles. The van der Waals surface area contributed by atoms with E-state index in [9.17, 15) is 0 Å². The zero-order valence-electron chi connectivity index (χ0n) is 16.8. The van der Waals surface area contributed by atoms with Crippen LogP contribution < -0.4 is 0 Å². The first-order valence-corrected chi connectivity index (χ1v) is 11.3. The molecule has 0 aliphatic heterocycles. The van der Waals surface area contributed by atoms with Gasteiger partial charge in [0.2, 0.25) is 0 Å². The monoisotopic (exact) mass is 340 g/mol. The molecular formula is C25H40.